The molecule has 4 heterocycles. The van der Waals surface area contributed by atoms with Gasteiger partial charge in [-0.25, -0.2) is 5.43 Å². The molecular weight excluding hydrogens is 825 g/mol. The molecule has 7 rings (SSSR count). The van der Waals surface area contributed by atoms with E-state index in [1.54, 1.807) is 31.2 Å². The van der Waals surface area contributed by atoms with Gasteiger partial charge in [-0.15, -0.1) is 0 Å². The van der Waals surface area contributed by atoms with E-state index >= 15 is 0 Å². The van der Waals surface area contributed by atoms with Crippen molar-refractivity contribution in [2.45, 2.75) is 98.0 Å². The number of rotatable bonds is 10. The Balaban J connectivity index is 1.30. The highest BCUT2D eigenvalue weighted by Crippen LogP contribution is 2.41. The number of nitrogens with zero attached hydrogens (tertiary/aromatic N) is 4. The SMILES string of the molecule is C=CC(=O)N1CC[C@H](C(=O)N(C)[C@H](C(=O)N[C@H]2Cc3cc(O)cc(c3)-c3ccc4c(c3)c(c(-c3ccccc3COC)n4CC)CC(C)(C)COC(=O)[C@@H]3CCCN(N3)C2=O)C(C)C)C1. The molecule has 0 unspecified atom stereocenters. The molecule has 2 fully saturated rings. The number of hydrogen-bond donors (Lipinski definition) is 3. The number of likely N-dealkylation sites (N-methyl/N-ethyl adjacent to an activating group) is 1. The number of phenolic OH excluding ortho intramolecular Hbond substituents is 1. The summed E-state index contributed by atoms with van der Waals surface area (Å²) in [7, 11) is 3.27. The van der Waals surface area contributed by atoms with Crippen LogP contribution in [0.4, 0.5) is 0 Å². The average Bonchev–Trinajstić information content (AvgIpc) is 3.90. The fraction of sp³-hybridized carbons (Fsp3) is 0.471. The van der Waals surface area contributed by atoms with Crippen molar-refractivity contribution in [1.82, 2.24) is 30.1 Å². The third-order valence-electron chi connectivity index (χ3n) is 13.1. The lowest BCUT2D eigenvalue weighted by molar-refractivity contribution is -0.155. The summed E-state index contributed by atoms with van der Waals surface area (Å²) in [6.07, 6.45) is 3.22. The van der Waals surface area contributed by atoms with Gasteiger partial charge in [0, 0.05) is 68.6 Å². The molecule has 1 aromatic heterocycles. The largest absolute Gasteiger partial charge is 0.508 e. The monoisotopic (exact) mass is 888 g/mol. The molecule has 3 aliphatic heterocycles. The molecular formula is C51H64N6O8. The topological polar surface area (TPSA) is 163 Å². The van der Waals surface area contributed by atoms with Crippen LogP contribution < -0.4 is 10.7 Å². The molecule has 14 nitrogen and oxygen atoms in total. The zero-order valence-corrected chi connectivity index (χ0v) is 38.8. The Morgan fingerprint density at radius 1 is 1.06 bits per heavy atom. The van der Waals surface area contributed by atoms with Crippen molar-refractivity contribution in [1.29, 1.82) is 0 Å². The number of nitrogens with one attached hydrogen (secondary N) is 2. The van der Waals surface area contributed by atoms with Gasteiger partial charge in [0.05, 0.1) is 24.8 Å². The quantitative estimate of drug-likeness (QED) is 0.128. The number of aromatic hydroxyl groups is 1. The van der Waals surface area contributed by atoms with E-state index in [4.69, 9.17) is 9.47 Å². The van der Waals surface area contributed by atoms with Crippen molar-refractivity contribution in [3.05, 3.63) is 90.0 Å². The summed E-state index contributed by atoms with van der Waals surface area (Å²) < 4.78 is 14.1. The van der Waals surface area contributed by atoms with Gasteiger partial charge in [-0.2, -0.15) is 0 Å². The van der Waals surface area contributed by atoms with Gasteiger partial charge in [-0.05, 0) is 96.7 Å². The molecule has 0 spiro atoms. The minimum absolute atomic E-state index is 0.00266. The van der Waals surface area contributed by atoms with E-state index < -0.39 is 47.2 Å². The molecule has 0 aliphatic carbocycles. The van der Waals surface area contributed by atoms with Crippen LogP contribution >= 0.6 is 0 Å². The number of aromatic nitrogens is 1. The molecule has 65 heavy (non-hydrogen) atoms. The average molecular weight is 889 g/mol. The second kappa shape index (κ2) is 19.6. The first-order chi connectivity index (χ1) is 31.0. The molecule has 3 aliphatic rings. The molecule has 346 valence electrons. The highest BCUT2D eigenvalue weighted by Gasteiger charge is 2.40. The summed E-state index contributed by atoms with van der Waals surface area (Å²) in [5, 5.41) is 16.7. The highest BCUT2D eigenvalue weighted by molar-refractivity contribution is 5.96. The van der Waals surface area contributed by atoms with Crippen LogP contribution in [0.15, 0.2) is 73.3 Å². The zero-order valence-electron chi connectivity index (χ0n) is 38.8. The lowest BCUT2D eigenvalue weighted by Gasteiger charge is -2.37. The van der Waals surface area contributed by atoms with Crippen LogP contribution in [0.3, 0.4) is 0 Å². The summed E-state index contributed by atoms with van der Waals surface area (Å²) in [6.45, 7) is 15.7. The molecule has 3 aromatic carbocycles. The number of hydrazine groups is 1. The minimum Gasteiger partial charge on any atom is -0.508 e. The van der Waals surface area contributed by atoms with Gasteiger partial charge >= 0.3 is 5.97 Å². The van der Waals surface area contributed by atoms with Crippen molar-refractivity contribution in [2.24, 2.45) is 17.3 Å². The van der Waals surface area contributed by atoms with Gasteiger partial charge in [0.2, 0.25) is 17.7 Å². The van der Waals surface area contributed by atoms with Gasteiger partial charge in [-0.1, -0.05) is 70.7 Å². The molecule has 4 aromatic rings. The first kappa shape index (κ1) is 47.0. The van der Waals surface area contributed by atoms with E-state index in [1.807, 2.05) is 38.1 Å². The van der Waals surface area contributed by atoms with Crippen molar-refractivity contribution in [3.63, 3.8) is 0 Å². The number of ether oxygens (including phenoxy) is 2. The molecule has 4 amide bonds. The zero-order chi connectivity index (χ0) is 46.7. The van der Waals surface area contributed by atoms with Gasteiger partial charge in [0.25, 0.3) is 5.91 Å². The molecule has 0 saturated carbocycles. The third kappa shape index (κ3) is 9.98. The van der Waals surface area contributed by atoms with Gasteiger partial charge < -0.3 is 34.3 Å². The van der Waals surface area contributed by atoms with E-state index in [-0.39, 0.29) is 49.6 Å². The number of fused-ring (bicyclic) bond motifs is 6. The predicted octanol–water partition coefficient (Wildman–Crippen LogP) is 6.01. The molecule has 6 bridgehead atoms. The van der Waals surface area contributed by atoms with Gasteiger partial charge in [-0.3, -0.25) is 29.0 Å². The number of benzene rings is 3. The van der Waals surface area contributed by atoms with Crippen molar-refractivity contribution < 1.29 is 38.6 Å². The molecule has 14 heteroatoms. The summed E-state index contributed by atoms with van der Waals surface area (Å²) in [5.41, 5.74) is 10.1. The lowest BCUT2D eigenvalue weighted by atomic mass is 9.84. The highest BCUT2D eigenvalue weighted by atomic mass is 16.5. The van der Waals surface area contributed by atoms with Gasteiger partial charge in [0.15, 0.2) is 0 Å². The van der Waals surface area contributed by atoms with Crippen LogP contribution in [0.1, 0.15) is 70.6 Å². The Bertz CT molecular complexity index is 2480. The Labute approximate surface area is 381 Å². The standard InChI is InChI=1S/C51H64N6O8/c1-9-44(59)55-21-19-34(28-55)48(61)54(7)45(31(3)4)47(60)52-42-24-32-22-36(25-37(58)23-32)33-17-18-43-39(26-33)40(46(56(43)10-2)38-15-12-11-14-35(38)29-64-8)27-51(5,6)30-65-50(63)41-16-13-20-57(53-41)49(42)62/h9,11-12,14-15,17-18,22-23,25-26,31,34,41-42,45,53,58H,1,10,13,16,19-21,24,27-30H2,2-8H3,(H,52,60)/t34-,41-,42-,45-/m0/s1. The first-order valence-electron chi connectivity index (χ1n) is 22.8. The predicted molar refractivity (Wildman–Crippen MR) is 249 cm³/mol. The number of aryl methyl sites for hydroxylation is 1. The second-order valence-electron chi connectivity index (χ2n) is 18.9. The lowest BCUT2D eigenvalue weighted by Crippen LogP contribution is -2.62. The fourth-order valence-electron chi connectivity index (χ4n) is 9.94. The number of carbonyl (C=O) groups excluding carboxylic acids is 5. The first-order valence-corrected chi connectivity index (χ1v) is 22.8. The number of phenols is 1. The Morgan fingerprint density at radius 3 is 2.55 bits per heavy atom. The smallest absolute Gasteiger partial charge is 0.324 e. The van der Waals surface area contributed by atoms with E-state index in [0.29, 0.717) is 50.9 Å². The molecule has 0 radical (unpaired) electrons. The minimum atomic E-state index is -1.16. The Morgan fingerprint density at radius 2 is 1.83 bits per heavy atom. The van der Waals surface area contributed by atoms with Gasteiger partial charge in [0.1, 0.15) is 23.9 Å². The number of carbonyl (C=O) groups is 5. The van der Waals surface area contributed by atoms with E-state index in [1.165, 1.54) is 16.0 Å². The summed E-state index contributed by atoms with van der Waals surface area (Å²) in [5.74, 6) is -2.82. The Kier molecular flexibility index (Phi) is 14.2. The number of cyclic esters (lactones) is 1. The normalized spacial score (nSPS) is 20.6. The van der Waals surface area contributed by atoms with Crippen LogP contribution in [-0.4, -0.2) is 113 Å². The van der Waals surface area contributed by atoms with Crippen LogP contribution in [0.25, 0.3) is 33.3 Å². The fourth-order valence-corrected chi connectivity index (χ4v) is 9.94. The number of methoxy groups -OCH3 is 1. The third-order valence-corrected chi connectivity index (χ3v) is 13.1. The van der Waals surface area contributed by atoms with Crippen molar-refractivity contribution in [2.75, 3.05) is 40.4 Å². The van der Waals surface area contributed by atoms with E-state index in [9.17, 15) is 29.1 Å². The maximum atomic E-state index is 14.7. The summed E-state index contributed by atoms with van der Waals surface area (Å²) in [6, 6.07) is 16.8. The number of likely N-dealkylation sites (tertiary alicyclic amines) is 1. The summed E-state index contributed by atoms with van der Waals surface area (Å²) >= 11 is 0. The van der Waals surface area contributed by atoms with E-state index in [0.717, 1.165) is 44.4 Å². The van der Waals surface area contributed by atoms with Crippen LogP contribution in [-0.2, 0) is 59.4 Å². The molecule has 2 saturated heterocycles. The molecule has 3 N–H and O–H groups in total. The maximum Gasteiger partial charge on any atom is 0.324 e. The number of esters is 1. The number of amides is 4. The van der Waals surface area contributed by atoms with Crippen LogP contribution in [0.2, 0.25) is 0 Å². The second-order valence-corrected chi connectivity index (χ2v) is 18.9. The molecule has 4 atom stereocenters. The number of hydrogen-bond acceptors (Lipinski definition) is 9. The van der Waals surface area contributed by atoms with Crippen LogP contribution in [0, 0.1) is 17.3 Å². The van der Waals surface area contributed by atoms with Crippen molar-refractivity contribution in [3.8, 4) is 28.1 Å². The van der Waals surface area contributed by atoms with Crippen molar-refractivity contribution >= 4 is 40.5 Å². The van der Waals surface area contributed by atoms with Crippen LogP contribution in [0.5, 0.6) is 5.75 Å². The maximum absolute atomic E-state index is 14.7. The van der Waals surface area contributed by atoms with E-state index in [2.05, 4.69) is 66.9 Å². The Hall–Kier alpha value is -5.99. The summed E-state index contributed by atoms with van der Waals surface area (Å²) in [4.78, 5) is 72.3.